The van der Waals surface area contributed by atoms with Crippen LogP contribution in [0.25, 0.3) is 0 Å². The van der Waals surface area contributed by atoms with Crippen molar-refractivity contribution in [2.45, 2.75) is 31.1 Å². The van der Waals surface area contributed by atoms with Gasteiger partial charge in [-0.15, -0.1) is 0 Å². The summed E-state index contributed by atoms with van der Waals surface area (Å²) in [4.78, 5) is 15.4. The van der Waals surface area contributed by atoms with Gasteiger partial charge in [-0.25, -0.2) is 0 Å². The molecule has 1 aromatic carbocycles. The maximum absolute atomic E-state index is 13.2. The Morgan fingerprint density at radius 1 is 1.17 bits per heavy atom. The first-order chi connectivity index (χ1) is 11.8. The highest BCUT2D eigenvalue weighted by Gasteiger charge is 2.61. The Morgan fingerprint density at radius 2 is 1.92 bits per heavy atom. The zero-order valence-electron chi connectivity index (χ0n) is 14.2. The fourth-order valence-corrected chi connectivity index (χ4v) is 5.34. The van der Waals surface area contributed by atoms with Gasteiger partial charge in [-0.3, -0.25) is 4.79 Å². The Kier molecular flexibility index (Phi) is 3.37. The summed E-state index contributed by atoms with van der Waals surface area (Å²) >= 11 is 0. The second kappa shape index (κ2) is 5.48. The maximum atomic E-state index is 13.2. The third-order valence-corrected chi connectivity index (χ3v) is 6.93. The van der Waals surface area contributed by atoms with E-state index in [-0.39, 0.29) is 11.3 Å². The van der Waals surface area contributed by atoms with Gasteiger partial charge < -0.3 is 15.0 Å². The Balaban J connectivity index is 1.33. The summed E-state index contributed by atoms with van der Waals surface area (Å²) in [5.74, 6) is 3.13. The molecular weight excluding hydrogens is 300 g/mol. The summed E-state index contributed by atoms with van der Waals surface area (Å²) in [6.45, 7) is 4.94. The van der Waals surface area contributed by atoms with Crippen LogP contribution in [0, 0.1) is 17.8 Å². The van der Waals surface area contributed by atoms with E-state index in [2.05, 4.69) is 28.4 Å². The summed E-state index contributed by atoms with van der Waals surface area (Å²) in [5.41, 5.74) is 1.33. The lowest BCUT2D eigenvalue weighted by Crippen LogP contribution is -2.36. The lowest BCUT2D eigenvalue weighted by Gasteiger charge is -2.28. The van der Waals surface area contributed by atoms with Crippen LogP contribution in [-0.4, -0.2) is 43.6 Å². The first-order valence-electron chi connectivity index (χ1n) is 9.50. The van der Waals surface area contributed by atoms with E-state index in [0.29, 0.717) is 5.91 Å². The first kappa shape index (κ1) is 14.8. The highest BCUT2D eigenvalue weighted by molar-refractivity contribution is 5.85. The van der Waals surface area contributed by atoms with Crippen molar-refractivity contribution >= 4 is 5.91 Å². The lowest BCUT2D eigenvalue weighted by atomic mass is 9.87. The van der Waals surface area contributed by atoms with Crippen LogP contribution >= 0.6 is 0 Å². The highest BCUT2D eigenvalue weighted by Crippen LogP contribution is 2.61. The molecule has 4 atom stereocenters. The van der Waals surface area contributed by atoms with E-state index in [9.17, 15) is 4.79 Å². The smallest absolute Gasteiger partial charge is 0.226 e. The summed E-state index contributed by atoms with van der Waals surface area (Å²) in [6.07, 6.45) is 4.34. The van der Waals surface area contributed by atoms with Gasteiger partial charge in [0.25, 0.3) is 0 Å². The average Bonchev–Trinajstić information content (AvgIpc) is 3.22. The predicted octanol–water partition coefficient (Wildman–Crippen LogP) is 2.18. The zero-order chi connectivity index (χ0) is 16.1. The Hall–Kier alpha value is -1.55. The van der Waals surface area contributed by atoms with Gasteiger partial charge in [0.1, 0.15) is 5.75 Å². The van der Waals surface area contributed by atoms with E-state index in [1.807, 2.05) is 6.07 Å². The number of carbonyl (C=O) groups excluding carboxylic acids is 1. The van der Waals surface area contributed by atoms with E-state index in [1.54, 1.807) is 0 Å². The maximum Gasteiger partial charge on any atom is 0.226 e. The molecule has 1 saturated carbocycles. The van der Waals surface area contributed by atoms with Crippen molar-refractivity contribution in [2.24, 2.45) is 17.8 Å². The topological polar surface area (TPSA) is 41.6 Å². The van der Waals surface area contributed by atoms with Gasteiger partial charge in [-0.1, -0.05) is 18.2 Å². The van der Waals surface area contributed by atoms with Crippen LogP contribution in [-0.2, 0) is 10.2 Å². The third kappa shape index (κ3) is 2.19. The molecule has 0 aromatic heterocycles. The van der Waals surface area contributed by atoms with Crippen LogP contribution in [0.5, 0.6) is 5.75 Å². The van der Waals surface area contributed by atoms with E-state index in [1.165, 1.54) is 18.4 Å². The van der Waals surface area contributed by atoms with Gasteiger partial charge in [0.15, 0.2) is 0 Å². The minimum absolute atomic E-state index is 0.0651. The van der Waals surface area contributed by atoms with Crippen molar-refractivity contribution in [2.75, 3.05) is 32.8 Å². The Labute approximate surface area is 143 Å². The van der Waals surface area contributed by atoms with Crippen LogP contribution < -0.4 is 10.1 Å². The number of hydrogen-bond donors (Lipinski definition) is 1. The van der Waals surface area contributed by atoms with E-state index in [0.717, 1.165) is 63.2 Å². The van der Waals surface area contributed by atoms with Crippen molar-refractivity contribution in [1.82, 2.24) is 10.2 Å². The van der Waals surface area contributed by atoms with E-state index in [4.69, 9.17) is 4.74 Å². The van der Waals surface area contributed by atoms with Crippen molar-refractivity contribution in [3.63, 3.8) is 0 Å². The van der Waals surface area contributed by atoms with Crippen molar-refractivity contribution in [3.8, 4) is 5.75 Å². The van der Waals surface area contributed by atoms with Gasteiger partial charge in [0.2, 0.25) is 5.91 Å². The fourth-order valence-electron chi connectivity index (χ4n) is 5.34. The summed E-state index contributed by atoms with van der Waals surface area (Å²) in [7, 11) is 0. The summed E-state index contributed by atoms with van der Waals surface area (Å²) < 4.78 is 5.81. The number of amides is 1. The summed E-state index contributed by atoms with van der Waals surface area (Å²) in [6, 6.07) is 8.32. The van der Waals surface area contributed by atoms with Crippen molar-refractivity contribution in [3.05, 3.63) is 29.8 Å². The molecule has 1 aromatic rings. The molecule has 1 spiro atoms. The van der Waals surface area contributed by atoms with Crippen molar-refractivity contribution in [1.29, 1.82) is 0 Å². The number of para-hydroxylation sites is 1. The Morgan fingerprint density at radius 3 is 2.71 bits per heavy atom. The lowest BCUT2D eigenvalue weighted by molar-refractivity contribution is -0.133. The molecule has 128 valence electrons. The molecular formula is C20H26N2O2. The third-order valence-electron chi connectivity index (χ3n) is 6.93. The second-order valence-corrected chi connectivity index (χ2v) is 8.09. The molecule has 4 nitrogen and oxygen atoms in total. The normalized spacial score (nSPS) is 37.3. The molecule has 0 radical (unpaired) electrons. The standard InChI is InChI=1S/C20H26N2O2/c23-19(22-8-5-14-12-21-13-15(14)6-9-22)17-11-20(17)7-10-24-18-4-2-1-3-16(18)20/h1-4,14-15,17,21H,5-13H2/t14-,15+,17?,20?. The molecule has 1 amide bonds. The number of benzene rings is 1. The molecule has 2 saturated heterocycles. The Bertz CT molecular complexity index is 647. The largest absolute Gasteiger partial charge is 0.493 e. The zero-order valence-corrected chi connectivity index (χ0v) is 14.2. The van der Waals surface area contributed by atoms with Gasteiger partial charge in [-0.05, 0) is 56.7 Å². The van der Waals surface area contributed by atoms with Crippen LogP contribution in [0.1, 0.15) is 31.2 Å². The quantitative estimate of drug-likeness (QED) is 0.860. The monoisotopic (exact) mass is 326 g/mol. The van der Waals surface area contributed by atoms with Gasteiger partial charge in [-0.2, -0.15) is 0 Å². The van der Waals surface area contributed by atoms with Crippen molar-refractivity contribution < 1.29 is 9.53 Å². The van der Waals surface area contributed by atoms with Crippen LogP contribution in [0.15, 0.2) is 24.3 Å². The fraction of sp³-hybridized carbons (Fsp3) is 0.650. The molecule has 4 aliphatic rings. The average molecular weight is 326 g/mol. The van der Waals surface area contributed by atoms with Gasteiger partial charge >= 0.3 is 0 Å². The number of likely N-dealkylation sites (tertiary alicyclic amines) is 1. The number of nitrogens with zero attached hydrogens (tertiary/aromatic N) is 1. The molecule has 3 fully saturated rings. The first-order valence-corrected chi connectivity index (χ1v) is 9.50. The predicted molar refractivity (Wildman–Crippen MR) is 92.0 cm³/mol. The number of nitrogens with one attached hydrogen (secondary N) is 1. The second-order valence-electron chi connectivity index (χ2n) is 8.09. The van der Waals surface area contributed by atoms with E-state index < -0.39 is 0 Å². The molecule has 2 unspecified atom stereocenters. The summed E-state index contributed by atoms with van der Waals surface area (Å²) in [5, 5.41) is 3.51. The minimum Gasteiger partial charge on any atom is -0.493 e. The van der Waals surface area contributed by atoms with Crippen LogP contribution in [0.3, 0.4) is 0 Å². The number of rotatable bonds is 1. The number of ether oxygens (including phenoxy) is 1. The van der Waals surface area contributed by atoms with E-state index >= 15 is 0 Å². The molecule has 4 heteroatoms. The van der Waals surface area contributed by atoms with Crippen LogP contribution in [0.2, 0.25) is 0 Å². The SMILES string of the molecule is O=C(C1CC12CCOc1ccccc12)N1CC[C@@H]2CNC[C@@H]2CC1. The molecule has 3 aliphatic heterocycles. The molecule has 3 heterocycles. The molecule has 1 aliphatic carbocycles. The number of carbonyl (C=O) groups is 1. The number of hydrogen-bond acceptors (Lipinski definition) is 3. The highest BCUT2D eigenvalue weighted by atomic mass is 16.5. The molecule has 1 N–H and O–H groups in total. The molecule has 0 bridgehead atoms. The van der Waals surface area contributed by atoms with Gasteiger partial charge in [0.05, 0.1) is 6.61 Å². The van der Waals surface area contributed by atoms with Crippen LogP contribution in [0.4, 0.5) is 0 Å². The number of fused-ring (bicyclic) bond motifs is 3. The molecule has 5 rings (SSSR count). The molecule has 24 heavy (non-hydrogen) atoms. The minimum atomic E-state index is 0.0651. The van der Waals surface area contributed by atoms with Gasteiger partial charge in [0, 0.05) is 30.0 Å².